The predicted octanol–water partition coefficient (Wildman–Crippen LogP) is 11.7. The molecule has 0 amide bonds. The summed E-state index contributed by atoms with van der Waals surface area (Å²) in [6.07, 6.45) is 0. The molecule has 0 saturated carbocycles. The van der Waals surface area contributed by atoms with E-state index in [1.165, 1.54) is 59.9 Å². The lowest BCUT2D eigenvalue weighted by Gasteiger charge is -2.13. The summed E-state index contributed by atoms with van der Waals surface area (Å²) in [5.41, 5.74) is 9.89. The molecule has 0 atom stereocenters. The van der Waals surface area contributed by atoms with Crippen LogP contribution < -0.4 is 0 Å². The van der Waals surface area contributed by atoms with Crippen molar-refractivity contribution in [1.82, 2.24) is 23.9 Å². The third-order valence-corrected chi connectivity index (χ3v) is 10.3. The van der Waals surface area contributed by atoms with Gasteiger partial charge in [0.2, 0.25) is 0 Å². The Hall–Kier alpha value is -7.11. The van der Waals surface area contributed by atoms with Crippen molar-refractivity contribution < 1.29 is 0 Å². The maximum atomic E-state index is 4.97. The number of para-hydroxylation sites is 3. The molecular formula is C47H29N5. The van der Waals surface area contributed by atoms with Crippen molar-refractivity contribution >= 4 is 59.9 Å². The summed E-state index contributed by atoms with van der Waals surface area (Å²) in [5.74, 6) is 1.95. The lowest BCUT2D eigenvalue weighted by Crippen LogP contribution is -2.00. The monoisotopic (exact) mass is 663 g/mol. The minimum atomic E-state index is 0.641. The number of rotatable bonds is 4. The Balaban J connectivity index is 1.13. The molecule has 0 fully saturated rings. The molecule has 0 N–H and O–H groups in total. The van der Waals surface area contributed by atoms with E-state index in [0.29, 0.717) is 17.5 Å². The third-order valence-electron chi connectivity index (χ3n) is 10.3. The Morgan fingerprint density at radius 2 is 0.808 bits per heavy atom. The van der Waals surface area contributed by atoms with Crippen LogP contribution in [0.5, 0.6) is 0 Å². The van der Waals surface area contributed by atoms with E-state index in [9.17, 15) is 0 Å². The Bertz CT molecular complexity index is 3100. The molecule has 5 nitrogen and oxygen atoms in total. The lowest BCUT2D eigenvalue weighted by atomic mass is 10.0. The van der Waals surface area contributed by atoms with Gasteiger partial charge in [-0.05, 0) is 66.0 Å². The van der Waals surface area contributed by atoms with Crippen molar-refractivity contribution in [3.05, 3.63) is 176 Å². The van der Waals surface area contributed by atoms with Crippen LogP contribution in [0.2, 0.25) is 0 Å². The first-order valence-corrected chi connectivity index (χ1v) is 17.5. The average molecular weight is 664 g/mol. The van der Waals surface area contributed by atoms with Gasteiger partial charge in [-0.15, -0.1) is 0 Å². The fourth-order valence-electron chi connectivity index (χ4n) is 7.93. The molecule has 0 saturated heterocycles. The minimum Gasteiger partial charge on any atom is -0.309 e. The molecule has 0 unspecified atom stereocenters. The van der Waals surface area contributed by atoms with Gasteiger partial charge in [-0.3, -0.25) is 0 Å². The summed E-state index contributed by atoms with van der Waals surface area (Å²) in [7, 11) is 0. The van der Waals surface area contributed by atoms with Crippen molar-refractivity contribution in [2.24, 2.45) is 0 Å². The van der Waals surface area contributed by atoms with Crippen molar-refractivity contribution in [3.63, 3.8) is 0 Å². The Morgan fingerprint density at radius 1 is 0.308 bits per heavy atom. The number of pyridine rings is 1. The van der Waals surface area contributed by atoms with Crippen LogP contribution >= 0.6 is 0 Å². The van der Waals surface area contributed by atoms with Crippen LogP contribution in [0.1, 0.15) is 0 Å². The van der Waals surface area contributed by atoms with Gasteiger partial charge in [-0.25, -0.2) is 15.0 Å². The van der Waals surface area contributed by atoms with Gasteiger partial charge in [0.05, 0.1) is 27.6 Å². The normalized spacial score (nSPS) is 11.8. The molecule has 5 heteroatoms. The molecule has 11 aromatic rings. The van der Waals surface area contributed by atoms with Gasteiger partial charge in [-0.1, -0.05) is 115 Å². The highest BCUT2D eigenvalue weighted by Crippen LogP contribution is 2.40. The van der Waals surface area contributed by atoms with E-state index in [0.717, 1.165) is 22.4 Å². The molecule has 7 aromatic carbocycles. The summed E-state index contributed by atoms with van der Waals surface area (Å²) >= 11 is 0. The highest BCUT2D eigenvalue weighted by molar-refractivity contribution is 6.22. The second kappa shape index (κ2) is 11.2. The summed E-state index contributed by atoms with van der Waals surface area (Å²) < 4.78 is 4.81. The summed E-state index contributed by atoms with van der Waals surface area (Å²) in [6.45, 7) is 0. The Kier molecular flexibility index (Phi) is 6.18. The first-order chi connectivity index (χ1) is 25.8. The van der Waals surface area contributed by atoms with E-state index in [-0.39, 0.29) is 0 Å². The van der Waals surface area contributed by atoms with Crippen LogP contribution in [-0.4, -0.2) is 23.9 Å². The van der Waals surface area contributed by atoms with Gasteiger partial charge in [0.15, 0.2) is 17.5 Å². The standard InChI is InChI=1S/C47H29N5/c1-3-13-30(14-4-1)45-48-46(31-15-5-2-6-16-31)50-47(49-45)32-23-25-34(26-24-32)51-41-21-11-9-19-36(41)38-28-37-35-18-8-12-22-42(35)52-40-20-10-7-17-33(40)27-43(52)39(37)29-44(38)51/h1-29H. The first-order valence-electron chi connectivity index (χ1n) is 17.5. The number of benzene rings is 7. The first kappa shape index (κ1) is 28.7. The maximum absolute atomic E-state index is 4.97. The summed E-state index contributed by atoms with van der Waals surface area (Å²) in [5, 5.41) is 7.43. The zero-order valence-corrected chi connectivity index (χ0v) is 28.0. The van der Waals surface area contributed by atoms with E-state index in [4.69, 9.17) is 15.0 Å². The Morgan fingerprint density at radius 3 is 1.46 bits per heavy atom. The minimum absolute atomic E-state index is 0.641. The summed E-state index contributed by atoms with van der Waals surface area (Å²) in [6, 6.07) is 62.1. The molecule has 52 heavy (non-hydrogen) atoms. The van der Waals surface area contributed by atoms with Gasteiger partial charge in [0.25, 0.3) is 0 Å². The number of hydrogen-bond acceptors (Lipinski definition) is 3. The number of hydrogen-bond donors (Lipinski definition) is 0. The largest absolute Gasteiger partial charge is 0.309 e. The topological polar surface area (TPSA) is 48.0 Å². The van der Waals surface area contributed by atoms with Crippen molar-refractivity contribution in [3.8, 4) is 39.9 Å². The van der Waals surface area contributed by atoms with Gasteiger partial charge in [0.1, 0.15) is 0 Å². The SMILES string of the molecule is c1ccc(-c2nc(-c3ccccc3)nc(-c3ccc(-n4c5ccccc5c5cc6c7ccccc7n7c8ccccc8cc7c6cc54)cc3)n2)cc1. The van der Waals surface area contributed by atoms with Crippen LogP contribution in [-0.2, 0) is 0 Å². The van der Waals surface area contributed by atoms with E-state index in [1.54, 1.807) is 0 Å². The molecule has 0 aliphatic carbocycles. The second-order valence-corrected chi connectivity index (χ2v) is 13.3. The fraction of sp³-hybridized carbons (Fsp3) is 0. The number of fused-ring (bicyclic) bond motifs is 11. The smallest absolute Gasteiger partial charge is 0.164 e. The molecule has 4 aromatic heterocycles. The molecule has 0 aliphatic heterocycles. The highest BCUT2D eigenvalue weighted by Gasteiger charge is 2.18. The molecule has 4 heterocycles. The van der Waals surface area contributed by atoms with Crippen LogP contribution in [0.25, 0.3) is 99.8 Å². The van der Waals surface area contributed by atoms with Gasteiger partial charge < -0.3 is 8.97 Å². The third kappa shape index (κ3) is 4.33. The molecule has 0 bridgehead atoms. The lowest BCUT2D eigenvalue weighted by molar-refractivity contribution is 1.07. The van der Waals surface area contributed by atoms with Gasteiger partial charge in [0, 0.05) is 49.3 Å². The predicted molar refractivity (Wildman–Crippen MR) is 214 cm³/mol. The molecule has 0 aliphatic rings. The quantitative estimate of drug-likeness (QED) is 0.176. The molecule has 0 radical (unpaired) electrons. The number of aromatic nitrogens is 5. The van der Waals surface area contributed by atoms with E-state index < -0.39 is 0 Å². The molecule has 0 spiro atoms. The van der Waals surface area contributed by atoms with Crippen molar-refractivity contribution in [1.29, 1.82) is 0 Å². The molecule has 242 valence electrons. The molecule has 11 rings (SSSR count). The highest BCUT2D eigenvalue weighted by atomic mass is 15.0. The number of nitrogens with zero attached hydrogens (tertiary/aromatic N) is 5. The van der Waals surface area contributed by atoms with Crippen LogP contribution in [0.4, 0.5) is 0 Å². The van der Waals surface area contributed by atoms with E-state index in [2.05, 4.69) is 124 Å². The second-order valence-electron chi connectivity index (χ2n) is 13.3. The van der Waals surface area contributed by atoms with E-state index >= 15 is 0 Å². The van der Waals surface area contributed by atoms with Crippen LogP contribution in [0.15, 0.2) is 176 Å². The van der Waals surface area contributed by atoms with E-state index in [1.807, 2.05) is 60.7 Å². The van der Waals surface area contributed by atoms with Crippen LogP contribution in [0, 0.1) is 0 Å². The zero-order chi connectivity index (χ0) is 34.2. The fourth-order valence-corrected chi connectivity index (χ4v) is 7.93. The van der Waals surface area contributed by atoms with Crippen molar-refractivity contribution in [2.45, 2.75) is 0 Å². The van der Waals surface area contributed by atoms with Crippen LogP contribution in [0.3, 0.4) is 0 Å². The average Bonchev–Trinajstić information content (AvgIpc) is 3.77. The zero-order valence-electron chi connectivity index (χ0n) is 28.0. The summed E-state index contributed by atoms with van der Waals surface area (Å²) in [4.78, 5) is 14.8. The maximum Gasteiger partial charge on any atom is 0.164 e. The Labute approximate surface area is 298 Å². The van der Waals surface area contributed by atoms with Gasteiger partial charge >= 0.3 is 0 Å². The van der Waals surface area contributed by atoms with Gasteiger partial charge in [-0.2, -0.15) is 0 Å². The molecular weight excluding hydrogens is 635 g/mol. The van der Waals surface area contributed by atoms with Crippen molar-refractivity contribution in [2.75, 3.05) is 0 Å².